The van der Waals surface area contributed by atoms with Crippen LogP contribution in [0, 0.1) is 12.7 Å². The number of amides is 2. The molecule has 1 fully saturated rings. The van der Waals surface area contributed by atoms with E-state index in [1.165, 1.54) is 6.07 Å². The Balaban J connectivity index is 0.900. The van der Waals surface area contributed by atoms with Crippen molar-refractivity contribution in [1.82, 2.24) is 15.3 Å². The number of imidazole rings is 1. The van der Waals surface area contributed by atoms with Crippen LogP contribution >= 0.6 is 0 Å². The van der Waals surface area contributed by atoms with Crippen LogP contribution in [0.4, 0.5) is 10.1 Å². The van der Waals surface area contributed by atoms with Crippen molar-refractivity contribution >= 4 is 39.5 Å². The highest BCUT2D eigenvalue weighted by Gasteiger charge is 2.27. The van der Waals surface area contributed by atoms with E-state index in [4.69, 9.17) is 4.42 Å². The molecule has 2 unspecified atom stereocenters. The number of fused-ring (bicyclic) bond motifs is 2. The third-order valence-electron chi connectivity index (χ3n) is 8.93. The van der Waals surface area contributed by atoms with Gasteiger partial charge in [0.05, 0.1) is 29.4 Å². The lowest BCUT2D eigenvalue weighted by Gasteiger charge is -2.15. The van der Waals surface area contributed by atoms with Crippen LogP contribution < -0.4 is 10.6 Å². The molecule has 1 aliphatic carbocycles. The van der Waals surface area contributed by atoms with Gasteiger partial charge in [0.2, 0.25) is 11.8 Å². The van der Waals surface area contributed by atoms with Gasteiger partial charge in [0.25, 0.3) is 0 Å². The summed E-state index contributed by atoms with van der Waals surface area (Å²) in [5.74, 6) is 0.225. The molecule has 0 saturated heterocycles. The van der Waals surface area contributed by atoms with Gasteiger partial charge < -0.3 is 20.0 Å². The lowest BCUT2D eigenvalue weighted by molar-refractivity contribution is -0.121. The Hall–Kier alpha value is -5.24. The number of hydrogen-bond acceptors (Lipinski definition) is 4. The highest BCUT2D eigenvalue weighted by atomic mass is 19.1. The highest BCUT2D eigenvalue weighted by molar-refractivity contribution is 5.95. The van der Waals surface area contributed by atoms with E-state index in [9.17, 15) is 9.59 Å². The smallest absolute Gasteiger partial charge is 0.229 e. The second-order valence-corrected chi connectivity index (χ2v) is 12.3. The molecule has 0 bridgehead atoms. The minimum Gasteiger partial charge on any atom is -0.464 e. The molecule has 4 aromatic carbocycles. The number of hydrogen-bond donors (Lipinski definition) is 3. The van der Waals surface area contributed by atoms with Gasteiger partial charge in [0, 0.05) is 29.0 Å². The van der Waals surface area contributed by atoms with Gasteiger partial charge in [0.15, 0.2) is 0 Å². The number of carbonyl (C=O) groups excluding carboxylic acids is 2. The number of aromatic amines is 1. The zero-order valence-corrected chi connectivity index (χ0v) is 25.6. The molecule has 0 radical (unpaired) electrons. The fourth-order valence-electron chi connectivity index (χ4n) is 6.50. The summed E-state index contributed by atoms with van der Waals surface area (Å²) < 4.78 is 20.7. The van der Waals surface area contributed by atoms with Gasteiger partial charge in [-0.25, -0.2) is 9.37 Å². The lowest BCUT2D eigenvalue weighted by Crippen LogP contribution is -2.33. The van der Waals surface area contributed by atoms with E-state index in [1.54, 1.807) is 12.3 Å². The Labute approximate surface area is 266 Å². The fourth-order valence-corrected chi connectivity index (χ4v) is 6.50. The van der Waals surface area contributed by atoms with Crippen molar-refractivity contribution in [3.8, 4) is 11.4 Å². The molecule has 46 heavy (non-hydrogen) atoms. The molecule has 7 rings (SSSR count). The molecule has 232 valence electrons. The summed E-state index contributed by atoms with van der Waals surface area (Å²) in [5.41, 5.74) is 7.57. The average molecular weight is 615 g/mol. The molecule has 2 atom stereocenters. The molecule has 1 aliphatic rings. The Morgan fingerprint density at radius 1 is 0.978 bits per heavy atom. The largest absolute Gasteiger partial charge is 0.464 e. The van der Waals surface area contributed by atoms with Gasteiger partial charge in [-0.3, -0.25) is 9.59 Å². The molecule has 0 spiro atoms. The zero-order chi connectivity index (χ0) is 31.6. The van der Waals surface area contributed by atoms with Crippen molar-refractivity contribution in [2.75, 3.05) is 5.32 Å². The van der Waals surface area contributed by atoms with Crippen molar-refractivity contribution in [2.45, 2.75) is 57.4 Å². The van der Waals surface area contributed by atoms with Gasteiger partial charge in [-0.15, -0.1) is 0 Å². The Morgan fingerprint density at radius 2 is 1.85 bits per heavy atom. The lowest BCUT2D eigenvalue weighted by atomic mass is 9.97. The number of H-pyrrole nitrogens is 1. The number of halogens is 1. The normalized spacial score (nSPS) is 16.2. The first-order valence-corrected chi connectivity index (χ1v) is 15.8. The van der Waals surface area contributed by atoms with Crippen LogP contribution in [0.5, 0.6) is 0 Å². The van der Waals surface area contributed by atoms with Crippen LogP contribution in [-0.4, -0.2) is 27.8 Å². The van der Waals surface area contributed by atoms with E-state index < -0.39 is 5.82 Å². The maximum atomic E-state index is 15.1. The first kappa shape index (κ1) is 29.5. The van der Waals surface area contributed by atoms with Crippen LogP contribution in [0.15, 0.2) is 95.6 Å². The predicted octanol–water partition coefficient (Wildman–Crippen LogP) is 7.99. The zero-order valence-electron chi connectivity index (χ0n) is 25.6. The first-order valence-electron chi connectivity index (χ1n) is 15.8. The molecule has 2 aromatic heterocycles. The minimum atomic E-state index is -0.462. The van der Waals surface area contributed by atoms with Crippen LogP contribution in [-0.2, 0) is 22.4 Å². The van der Waals surface area contributed by atoms with Crippen LogP contribution in [0.3, 0.4) is 0 Å². The third-order valence-corrected chi connectivity index (χ3v) is 8.93. The van der Waals surface area contributed by atoms with E-state index in [0.717, 1.165) is 74.9 Å². The Bertz CT molecular complexity index is 2050. The average Bonchev–Trinajstić information content (AvgIpc) is 3.80. The van der Waals surface area contributed by atoms with E-state index in [1.807, 2.05) is 73.7 Å². The molecule has 3 N–H and O–H groups in total. The molecule has 8 heteroatoms. The molecule has 2 heterocycles. The fraction of sp³-hybridized carbons (Fsp3) is 0.237. The summed E-state index contributed by atoms with van der Waals surface area (Å²) in [4.78, 5) is 33.6. The van der Waals surface area contributed by atoms with Crippen molar-refractivity contribution in [3.05, 3.63) is 119 Å². The SMILES string of the molecule is Cc1ccc2c(CC(=O)Nc3ccc(C4CCC(NC(=O)CCc5ccc6nc(-c7ccccc7)[nH]c6c5)C4)cc3F)coc2c1. The van der Waals surface area contributed by atoms with E-state index >= 15 is 4.39 Å². The highest BCUT2D eigenvalue weighted by Crippen LogP contribution is 2.36. The second-order valence-electron chi connectivity index (χ2n) is 12.3. The third kappa shape index (κ3) is 6.42. The van der Waals surface area contributed by atoms with Gasteiger partial charge in [0.1, 0.15) is 17.2 Å². The number of nitrogens with one attached hydrogen (secondary N) is 3. The van der Waals surface area contributed by atoms with Gasteiger partial charge in [-0.05, 0) is 85.5 Å². The van der Waals surface area contributed by atoms with E-state index in [0.29, 0.717) is 12.8 Å². The topological polar surface area (TPSA) is 100 Å². The summed E-state index contributed by atoms with van der Waals surface area (Å²) >= 11 is 0. The van der Waals surface area contributed by atoms with E-state index in [-0.39, 0.29) is 35.9 Å². The maximum absolute atomic E-state index is 15.1. The number of anilines is 1. The number of furan rings is 1. The number of aromatic nitrogens is 2. The van der Waals surface area contributed by atoms with Crippen molar-refractivity contribution in [1.29, 1.82) is 0 Å². The molecule has 0 aliphatic heterocycles. The number of benzene rings is 4. The van der Waals surface area contributed by atoms with Crippen molar-refractivity contribution in [2.24, 2.45) is 0 Å². The summed E-state index contributed by atoms with van der Waals surface area (Å²) in [6.07, 6.45) is 5.16. The van der Waals surface area contributed by atoms with Crippen LogP contribution in [0.2, 0.25) is 0 Å². The second kappa shape index (κ2) is 12.6. The summed E-state index contributed by atoms with van der Waals surface area (Å²) in [6.45, 7) is 1.98. The standard InChI is InChI=1S/C38H35FN4O3/c1-23-7-13-30-28(22-46-35(30)17-23)21-37(45)41-32-15-11-27(20-31(32)39)26-10-12-29(19-26)40-36(44)16-9-24-8-14-33-34(18-24)43-38(42-33)25-5-3-2-4-6-25/h2-8,11,13-15,17-18,20,22,26,29H,9-10,12,16,19,21H2,1H3,(H,40,44)(H,41,45)(H,42,43). The Morgan fingerprint density at radius 3 is 2.70 bits per heavy atom. The van der Waals surface area contributed by atoms with Crippen molar-refractivity contribution < 1.29 is 18.4 Å². The monoisotopic (exact) mass is 614 g/mol. The van der Waals surface area contributed by atoms with Crippen LogP contribution in [0.1, 0.15) is 53.9 Å². The number of rotatable bonds is 9. The first-order chi connectivity index (χ1) is 22.4. The maximum Gasteiger partial charge on any atom is 0.229 e. The number of carbonyl (C=O) groups is 2. The summed E-state index contributed by atoms with van der Waals surface area (Å²) in [7, 11) is 0. The molecular weight excluding hydrogens is 579 g/mol. The van der Waals surface area contributed by atoms with E-state index in [2.05, 4.69) is 26.7 Å². The Kier molecular flexibility index (Phi) is 8.09. The summed E-state index contributed by atoms with van der Waals surface area (Å²) in [6, 6.07) is 27.0. The number of aryl methyl sites for hydroxylation is 2. The minimum absolute atomic E-state index is 0.0186. The van der Waals surface area contributed by atoms with Gasteiger partial charge in [-0.2, -0.15) is 0 Å². The molecule has 7 nitrogen and oxygen atoms in total. The van der Waals surface area contributed by atoms with Crippen molar-refractivity contribution in [3.63, 3.8) is 0 Å². The predicted molar refractivity (Wildman–Crippen MR) is 178 cm³/mol. The molecule has 1 saturated carbocycles. The number of nitrogens with zero attached hydrogens (tertiary/aromatic N) is 1. The van der Waals surface area contributed by atoms with Gasteiger partial charge in [-0.1, -0.05) is 54.6 Å². The van der Waals surface area contributed by atoms with Gasteiger partial charge >= 0.3 is 0 Å². The molecular formula is C38H35FN4O3. The van der Waals surface area contributed by atoms with Crippen LogP contribution in [0.25, 0.3) is 33.4 Å². The quantitative estimate of drug-likeness (QED) is 0.154. The molecule has 2 amide bonds. The molecule has 6 aromatic rings. The summed E-state index contributed by atoms with van der Waals surface area (Å²) in [5, 5.41) is 6.77.